The van der Waals surface area contributed by atoms with Crippen LogP contribution in [-0.4, -0.2) is 42.5 Å². The molecule has 4 heteroatoms. The fraction of sp³-hybridized carbons (Fsp3) is 0.643. The van der Waals surface area contributed by atoms with E-state index in [9.17, 15) is 0 Å². The number of pyridine rings is 1. The molecule has 0 amide bonds. The van der Waals surface area contributed by atoms with Gasteiger partial charge in [0.15, 0.2) is 6.29 Å². The highest BCUT2D eigenvalue weighted by molar-refractivity contribution is 5.09. The lowest BCUT2D eigenvalue weighted by atomic mass is 10.2. The number of likely N-dealkylation sites (N-methyl/N-ethyl adjacent to an activating group) is 1. The van der Waals surface area contributed by atoms with Crippen molar-refractivity contribution >= 4 is 0 Å². The molecule has 1 aromatic heterocycles. The minimum Gasteiger partial charge on any atom is -0.352 e. The molecule has 0 aliphatic carbocycles. The summed E-state index contributed by atoms with van der Waals surface area (Å²) in [6, 6.07) is 4.08. The molecule has 4 nitrogen and oxygen atoms in total. The first kappa shape index (κ1) is 15.1. The van der Waals surface area contributed by atoms with E-state index in [-0.39, 0.29) is 6.29 Å². The van der Waals surface area contributed by atoms with Gasteiger partial charge in [-0.05, 0) is 38.1 Å². The molecule has 18 heavy (non-hydrogen) atoms. The van der Waals surface area contributed by atoms with Gasteiger partial charge in [0.05, 0.1) is 0 Å². The van der Waals surface area contributed by atoms with Gasteiger partial charge < -0.3 is 9.47 Å². The van der Waals surface area contributed by atoms with Crippen molar-refractivity contribution in [2.24, 2.45) is 0 Å². The molecule has 0 atom stereocenters. The second-order valence-corrected chi connectivity index (χ2v) is 4.02. The van der Waals surface area contributed by atoms with Crippen LogP contribution in [0.5, 0.6) is 0 Å². The van der Waals surface area contributed by atoms with Crippen molar-refractivity contribution in [3.05, 3.63) is 30.1 Å². The van der Waals surface area contributed by atoms with Crippen molar-refractivity contribution in [1.82, 2.24) is 9.88 Å². The highest BCUT2D eigenvalue weighted by Gasteiger charge is 2.13. The first-order valence-electron chi connectivity index (χ1n) is 6.64. The summed E-state index contributed by atoms with van der Waals surface area (Å²) in [7, 11) is 0. The van der Waals surface area contributed by atoms with E-state index in [1.165, 1.54) is 5.56 Å². The highest BCUT2D eigenvalue weighted by Crippen LogP contribution is 2.06. The van der Waals surface area contributed by atoms with E-state index in [4.69, 9.17) is 9.47 Å². The topological polar surface area (TPSA) is 34.6 Å². The third kappa shape index (κ3) is 5.58. The summed E-state index contributed by atoms with van der Waals surface area (Å²) >= 11 is 0. The first-order valence-corrected chi connectivity index (χ1v) is 6.64. The summed E-state index contributed by atoms with van der Waals surface area (Å²) in [4.78, 5) is 6.34. The van der Waals surface area contributed by atoms with Crippen LogP contribution in [0.25, 0.3) is 0 Å². The van der Waals surface area contributed by atoms with E-state index < -0.39 is 0 Å². The van der Waals surface area contributed by atoms with Crippen LogP contribution in [-0.2, 0) is 16.0 Å². The Balaban J connectivity index is 2.49. The summed E-state index contributed by atoms with van der Waals surface area (Å²) in [6.07, 6.45) is 3.51. The lowest BCUT2D eigenvalue weighted by Crippen LogP contribution is -2.35. The fourth-order valence-electron chi connectivity index (χ4n) is 1.79. The minimum absolute atomic E-state index is 0.137. The zero-order valence-corrected chi connectivity index (χ0v) is 11.6. The Morgan fingerprint density at radius 3 is 2.22 bits per heavy atom. The predicted octanol–water partition coefficient (Wildman–Crippen LogP) is 2.30. The Bertz CT molecular complexity index is 300. The van der Waals surface area contributed by atoms with Gasteiger partial charge >= 0.3 is 0 Å². The van der Waals surface area contributed by atoms with Crippen molar-refractivity contribution < 1.29 is 9.47 Å². The second kappa shape index (κ2) is 9.03. The Labute approximate surface area is 110 Å². The summed E-state index contributed by atoms with van der Waals surface area (Å²) in [5, 5.41) is 0. The van der Waals surface area contributed by atoms with Gasteiger partial charge in [0, 0.05) is 38.7 Å². The predicted molar refractivity (Wildman–Crippen MR) is 72.2 cm³/mol. The normalized spacial score (nSPS) is 11.4. The van der Waals surface area contributed by atoms with E-state index in [2.05, 4.69) is 16.8 Å². The van der Waals surface area contributed by atoms with Crippen molar-refractivity contribution in [3.63, 3.8) is 0 Å². The van der Waals surface area contributed by atoms with Crippen LogP contribution in [0.15, 0.2) is 24.5 Å². The molecular formula is C14H24N2O2. The van der Waals surface area contributed by atoms with Crippen LogP contribution < -0.4 is 0 Å². The maximum absolute atomic E-state index is 5.58. The number of hydrogen-bond donors (Lipinski definition) is 0. The summed E-state index contributed by atoms with van der Waals surface area (Å²) in [5.41, 5.74) is 1.26. The molecule has 0 spiro atoms. The monoisotopic (exact) mass is 252 g/mol. The molecule has 0 fully saturated rings. The average molecular weight is 252 g/mol. The zero-order chi connectivity index (χ0) is 13.2. The number of ether oxygens (including phenoxy) is 2. The second-order valence-electron chi connectivity index (χ2n) is 4.02. The SMILES string of the molecule is CCOC(CN(CC)Cc1ccncc1)OCC. The molecular weight excluding hydrogens is 228 g/mol. The van der Waals surface area contributed by atoms with Crippen molar-refractivity contribution in [3.8, 4) is 0 Å². The molecule has 0 radical (unpaired) electrons. The molecule has 0 aromatic carbocycles. The molecule has 102 valence electrons. The van der Waals surface area contributed by atoms with Crippen molar-refractivity contribution in [1.29, 1.82) is 0 Å². The van der Waals surface area contributed by atoms with Gasteiger partial charge in [0.1, 0.15) is 0 Å². The molecule has 0 N–H and O–H groups in total. The maximum Gasteiger partial charge on any atom is 0.170 e. The van der Waals surface area contributed by atoms with E-state index in [0.717, 1.165) is 19.6 Å². The van der Waals surface area contributed by atoms with Crippen LogP contribution >= 0.6 is 0 Å². The van der Waals surface area contributed by atoms with E-state index >= 15 is 0 Å². The van der Waals surface area contributed by atoms with Crippen molar-refractivity contribution in [2.45, 2.75) is 33.6 Å². The molecule has 0 aliphatic heterocycles. The molecule has 0 saturated carbocycles. The highest BCUT2D eigenvalue weighted by atomic mass is 16.7. The largest absolute Gasteiger partial charge is 0.352 e. The molecule has 1 aromatic rings. The van der Waals surface area contributed by atoms with Gasteiger partial charge in [-0.25, -0.2) is 0 Å². The Hall–Kier alpha value is -0.970. The fourth-order valence-corrected chi connectivity index (χ4v) is 1.79. The van der Waals surface area contributed by atoms with Crippen molar-refractivity contribution in [2.75, 3.05) is 26.3 Å². The maximum atomic E-state index is 5.58. The van der Waals surface area contributed by atoms with E-state index in [0.29, 0.717) is 13.2 Å². The minimum atomic E-state index is -0.137. The number of aromatic nitrogens is 1. The summed E-state index contributed by atoms with van der Waals surface area (Å²) < 4.78 is 11.2. The molecule has 0 saturated heterocycles. The number of nitrogens with zero attached hydrogens (tertiary/aromatic N) is 2. The van der Waals surface area contributed by atoms with Crippen LogP contribution in [0.2, 0.25) is 0 Å². The molecule has 0 bridgehead atoms. The van der Waals surface area contributed by atoms with E-state index in [1.54, 1.807) is 0 Å². The third-order valence-electron chi connectivity index (χ3n) is 2.72. The summed E-state index contributed by atoms with van der Waals surface area (Å²) in [5.74, 6) is 0. The molecule has 1 rings (SSSR count). The number of rotatable bonds is 9. The smallest absolute Gasteiger partial charge is 0.170 e. The quantitative estimate of drug-likeness (QED) is 0.632. The van der Waals surface area contributed by atoms with Crippen LogP contribution in [0.3, 0.4) is 0 Å². The van der Waals surface area contributed by atoms with Gasteiger partial charge in [0.25, 0.3) is 0 Å². The van der Waals surface area contributed by atoms with Gasteiger partial charge in [-0.15, -0.1) is 0 Å². The molecule has 0 unspecified atom stereocenters. The molecule has 1 heterocycles. The lowest BCUT2D eigenvalue weighted by molar-refractivity contribution is -0.147. The Kier molecular flexibility index (Phi) is 7.57. The van der Waals surface area contributed by atoms with E-state index in [1.807, 2.05) is 38.4 Å². The van der Waals surface area contributed by atoms with Crippen LogP contribution in [0.1, 0.15) is 26.3 Å². The van der Waals surface area contributed by atoms with Gasteiger partial charge in [-0.1, -0.05) is 6.92 Å². The van der Waals surface area contributed by atoms with Gasteiger partial charge in [-0.2, -0.15) is 0 Å². The van der Waals surface area contributed by atoms with Gasteiger partial charge in [-0.3, -0.25) is 9.88 Å². The third-order valence-corrected chi connectivity index (χ3v) is 2.72. The van der Waals surface area contributed by atoms with Gasteiger partial charge in [0.2, 0.25) is 0 Å². The first-order chi connectivity index (χ1) is 8.80. The van der Waals surface area contributed by atoms with Crippen LogP contribution in [0.4, 0.5) is 0 Å². The Morgan fingerprint density at radius 1 is 1.11 bits per heavy atom. The summed E-state index contributed by atoms with van der Waals surface area (Å²) in [6.45, 7) is 10.1. The lowest BCUT2D eigenvalue weighted by Gasteiger charge is -2.26. The number of hydrogen-bond acceptors (Lipinski definition) is 4. The standard InChI is InChI=1S/C14H24N2O2/c1-4-16(11-13-7-9-15-10-8-13)12-14(17-5-2)18-6-3/h7-10,14H,4-6,11-12H2,1-3H3. The average Bonchev–Trinajstić information content (AvgIpc) is 2.39. The molecule has 0 aliphatic rings. The Morgan fingerprint density at radius 2 is 1.72 bits per heavy atom. The van der Waals surface area contributed by atoms with Crippen LogP contribution in [0, 0.1) is 0 Å². The zero-order valence-electron chi connectivity index (χ0n) is 11.6.